The Balaban J connectivity index is 1.16. The molecule has 2 aliphatic heterocycles. The van der Waals surface area contributed by atoms with Crippen LogP contribution in [0.15, 0.2) is 42.6 Å². The number of likely N-dealkylation sites (tertiary alicyclic amines) is 2. The van der Waals surface area contributed by atoms with Crippen LogP contribution >= 0.6 is 0 Å². The molecule has 9 nitrogen and oxygen atoms in total. The van der Waals surface area contributed by atoms with Gasteiger partial charge >= 0.3 is 6.18 Å². The molecule has 3 aromatic rings. The lowest BCUT2D eigenvalue weighted by atomic mass is 9.91. The molecule has 2 fully saturated rings. The Morgan fingerprint density at radius 2 is 1.85 bits per heavy atom. The number of nitriles is 1. The van der Waals surface area contributed by atoms with Crippen molar-refractivity contribution < 1.29 is 18.0 Å². The second kappa shape index (κ2) is 15.0. The van der Waals surface area contributed by atoms with Gasteiger partial charge in [-0.2, -0.15) is 18.4 Å². The fraction of sp³-hybridized carbons (Fsp3) is 0.528. The summed E-state index contributed by atoms with van der Waals surface area (Å²) in [5, 5.41) is 16.7. The molecule has 0 radical (unpaired) electrons. The zero-order chi connectivity index (χ0) is 34.5. The molecule has 0 bridgehead atoms. The van der Waals surface area contributed by atoms with E-state index in [2.05, 4.69) is 57.4 Å². The van der Waals surface area contributed by atoms with Crippen LogP contribution in [0.4, 0.5) is 18.9 Å². The van der Waals surface area contributed by atoms with Crippen molar-refractivity contribution in [1.82, 2.24) is 29.6 Å². The third-order valence-corrected chi connectivity index (χ3v) is 9.36. The Kier molecular flexibility index (Phi) is 11.0. The van der Waals surface area contributed by atoms with Crippen molar-refractivity contribution in [2.24, 2.45) is 0 Å². The van der Waals surface area contributed by atoms with Crippen LogP contribution < -0.4 is 10.6 Å². The van der Waals surface area contributed by atoms with Gasteiger partial charge in [-0.3, -0.25) is 14.7 Å². The average molecular weight is 663 g/mol. The van der Waals surface area contributed by atoms with Crippen molar-refractivity contribution >= 4 is 22.5 Å². The van der Waals surface area contributed by atoms with E-state index in [-0.39, 0.29) is 18.5 Å². The lowest BCUT2D eigenvalue weighted by Crippen LogP contribution is -2.47. The topological polar surface area (TPSA) is 92.5 Å². The highest BCUT2D eigenvalue weighted by molar-refractivity contribution is 5.83. The van der Waals surface area contributed by atoms with Crippen molar-refractivity contribution in [2.45, 2.75) is 69.9 Å². The summed E-state index contributed by atoms with van der Waals surface area (Å²) in [6.07, 6.45) is 0.0378. The van der Waals surface area contributed by atoms with E-state index in [9.17, 15) is 23.2 Å². The molecule has 0 spiro atoms. The minimum absolute atomic E-state index is 0.197. The normalized spacial score (nSPS) is 17.8. The number of likely N-dealkylation sites (N-methyl/N-ethyl adjacent to an activating group) is 1. The van der Waals surface area contributed by atoms with E-state index in [4.69, 9.17) is 0 Å². The van der Waals surface area contributed by atoms with Gasteiger partial charge in [0.25, 0.3) is 0 Å². The molecule has 2 aliphatic rings. The van der Waals surface area contributed by atoms with Crippen molar-refractivity contribution in [2.75, 3.05) is 58.7 Å². The van der Waals surface area contributed by atoms with Crippen LogP contribution in [0.5, 0.6) is 0 Å². The summed E-state index contributed by atoms with van der Waals surface area (Å²) in [6.45, 7) is 7.06. The van der Waals surface area contributed by atoms with E-state index in [0.29, 0.717) is 47.1 Å². The first-order chi connectivity index (χ1) is 22.8. The number of benzene rings is 1. The van der Waals surface area contributed by atoms with Crippen LogP contribution in [0.25, 0.3) is 10.9 Å². The quantitative estimate of drug-likeness (QED) is 0.307. The minimum Gasteiger partial charge on any atom is -0.373 e. The number of alkyl halides is 3. The summed E-state index contributed by atoms with van der Waals surface area (Å²) in [6, 6.07) is 13.8. The van der Waals surface area contributed by atoms with E-state index in [1.807, 2.05) is 17.0 Å². The predicted octanol–water partition coefficient (Wildman–Crippen LogP) is 4.58. The first-order valence-corrected chi connectivity index (χ1v) is 16.5. The number of carbonyl (C=O) groups is 1. The van der Waals surface area contributed by atoms with Crippen molar-refractivity contribution in [3.05, 3.63) is 59.5 Å². The smallest absolute Gasteiger partial charge is 0.373 e. The SMILES string of the molecule is CN(C)C1CCN(CC(=O)N2CCC(NCc3ccc4c(c3)cc(C#CCNc3ccc(C(C)(C)C#N)nc3)n4CC(F)(F)F)CC2)C1. The predicted molar refractivity (Wildman–Crippen MR) is 181 cm³/mol. The monoisotopic (exact) mass is 662 g/mol. The number of fused-ring (bicyclic) bond motifs is 1. The molecule has 12 heteroatoms. The van der Waals surface area contributed by atoms with Crippen LogP contribution in [-0.4, -0.2) is 102 Å². The summed E-state index contributed by atoms with van der Waals surface area (Å²) in [4.78, 5) is 23.7. The molecule has 0 aliphatic carbocycles. The third kappa shape index (κ3) is 9.07. The zero-order valence-electron chi connectivity index (χ0n) is 28.2. The van der Waals surface area contributed by atoms with E-state index < -0.39 is 18.1 Å². The van der Waals surface area contributed by atoms with Gasteiger partial charge < -0.3 is 25.0 Å². The van der Waals surface area contributed by atoms with E-state index in [1.165, 1.54) is 4.57 Å². The number of aromatic nitrogens is 2. The van der Waals surface area contributed by atoms with Gasteiger partial charge in [0.15, 0.2) is 0 Å². The second-order valence-corrected chi connectivity index (χ2v) is 13.6. The van der Waals surface area contributed by atoms with Crippen molar-refractivity contribution in [3.8, 4) is 17.9 Å². The summed E-state index contributed by atoms with van der Waals surface area (Å²) < 4.78 is 41.9. The maximum atomic E-state index is 13.6. The average Bonchev–Trinajstić information content (AvgIpc) is 3.66. The molecule has 256 valence electrons. The first kappa shape index (κ1) is 35.2. The largest absolute Gasteiger partial charge is 0.406 e. The van der Waals surface area contributed by atoms with Crippen LogP contribution in [0.3, 0.4) is 0 Å². The number of amides is 1. The van der Waals surface area contributed by atoms with Gasteiger partial charge in [0.05, 0.1) is 47.8 Å². The number of nitrogens with zero attached hydrogens (tertiary/aromatic N) is 6. The fourth-order valence-corrected chi connectivity index (χ4v) is 6.35. The number of anilines is 1. The number of rotatable bonds is 10. The summed E-state index contributed by atoms with van der Waals surface area (Å²) in [7, 11) is 4.17. The highest BCUT2D eigenvalue weighted by Crippen LogP contribution is 2.27. The number of pyridine rings is 1. The molecule has 0 saturated carbocycles. The molecule has 5 rings (SSSR count). The highest BCUT2D eigenvalue weighted by Gasteiger charge is 2.30. The van der Waals surface area contributed by atoms with Crippen LogP contribution in [0.1, 0.15) is 50.1 Å². The van der Waals surface area contributed by atoms with Gasteiger partial charge in [-0.05, 0) is 89.0 Å². The van der Waals surface area contributed by atoms with Gasteiger partial charge in [-0.15, -0.1) is 0 Å². The molecule has 1 aromatic carbocycles. The van der Waals surface area contributed by atoms with Gasteiger partial charge in [-0.1, -0.05) is 12.0 Å². The molecule has 1 amide bonds. The molecule has 1 atom stereocenters. The summed E-state index contributed by atoms with van der Waals surface area (Å²) in [5.74, 6) is 6.06. The van der Waals surface area contributed by atoms with Gasteiger partial charge in [0.1, 0.15) is 6.54 Å². The minimum atomic E-state index is -4.40. The highest BCUT2D eigenvalue weighted by atomic mass is 19.4. The zero-order valence-corrected chi connectivity index (χ0v) is 28.2. The van der Waals surface area contributed by atoms with Crippen LogP contribution in [0, 0.1) is 23.2 Å². The Bertz CT molecular complexity index is 1670. The Hall–Kier alpha value is -4.10. The van der Waals surface area contributed by atoms with E-state index in [1.54, 1.807) is 44.3 Å². The Morgan fingerprint density at radius 1 is 1.08 bits per heavy atom. The van der Waals surface area contributed by atoms with E-state index in [0.717, 1.165) is 51.0 Å². The fourth-order valence-electron chi connectivity index (χ4n) is 6.35. The Morgan fingerprint density at radius 3 is 2.50 bits per heavy atom. The maximum absolute atomic E-state index is 13.6. The molecule has 2 aromatic heterocycles. The number of hydrogen-bond donors (Lipinski definition) is 2. The number of nitrogens with one attached hydrogen (secondary N) is 2. The number of carbonyl (C=O) groups excluding carboxylic acids is 1. The maximum Gasteiger partial charge on any atom is 0.406 e. The summed E-state index contributed by atoms with van der Waals surface area (Å²) in [5.41, 5.74) is 2.40. The van der Waals surface area contributed by atoms with Crippen LogP contribution in [0.2, 0.25) is 0 Å². The molecular weight excluding hydrogens is 617 g/mol. The standard InChI is InChI=1S/C36H45F3N8O/c1-35(2,24-40)33-10-8-29(21-43-33)41-14-5-6-30-19-27-18-26(7-9-32(27)47(30)25-36(37,38)39)20-42-28-11-16-46(17-12-28)34(48)23-45-15-13-31(22-45)44(3)4/h7-10,18-19,21,28,31,41-42H,11-17,20,22-23,25H2,1-4H3. The van der Waals surface area contributed by atoms with Gasteiger partial charge in [0, 0.05) is 55.7 Å². The van der Waals surface area contributed by atoms with Gasteiger partial charge in [-0.25, -0.2) is 0 Å². The number of halogens is 3. The number of piperidine rings is 1. The first-order valence-electron chi connectivity index (χ1n) is 16.5. The van der Waals surface area contributed by atoms with Crippen LogP contribution in [-0.2, 0) is 23.3 Å². The second-order valence-electron chi connectivity index (χ2n) is 13.6. The Labute approximate surface area is 281 Å². The van der Waals surface area contributed by atoms with Crippen molar-refractivity contribution in [1.29, 1.82) is 5.26 Å². The lowest BCUT2D eigenvalue weighted by Gasteiger charge is -2.33. The molecule has 1 unspecified atom stereocenters. The van der Waals surface area contributed by atoms with Crippen molar-refractivity contribution in [3.63, 3.8) is 0 Å². The summed E-state index contributed by atoms with van der Waals surface area (Å²) >= 11 is 0. The van der Waals surface area contributed by atoms with Gasteiger partial charge in [0.2, 0.25) is 5.91 Å². The lowest BCUT2D eigenvalue weighted by molar-refractivity contribution is -0.140. The number of hydrogen-bond acceptors (Lipinski definition) is 7. The third-order valence-electron chi connectivity index (χ3n) is 9.36. The molecule has 2 saturated heterocycles. The molecule has 48 heavy (non-hydrogen) atoms. The molecule has 2 N–H and O–H groups in total. The molecular formula is C36H45F3N8O. The van der Waals surface area contributed by atoms with E-state index >= 15 is 0 Å². The molecule has 4 heterocycles.